The van der Waals surface area contributed by atoms with Gasteiger partial charge in [0.2, 0.25) is 0 Å². The quantitative estimate of drug-likeness (QED) is 0.927. The van der Waals surface area contributed by atoms with Gasteiger partial charge in [0, 0.05) is 23.6 Å². The number of nitrogens with zero attached hydrogens (tertiary/aromatic N) is 1. The van der Waals surface area contributed by atoms with Gasteiger partial charge in [-0.05, 0) is 25.1 Å². The highest BCUT2D eigenvalue weighted by atomic mass is 79.9. The Kier molecular flexibility index (Phi) is 4.06. The number of amides is 1. The first-order valence-corrected chi connectivity index (χ1v) is 5.54. The van der Waals surface area contributed by atoms with E-state index >= 15 is 0 Å². The van der Waals surface area contributed by atoms with Crippen molar-refractivity contribution >= 4 is 27.8 Å². The molecule has 0 spiro atoms. The monoisotopic (exact) mass is 285 g/mol. The molecule has 0 aliphatic rings. The van der Waals surface area contributed by atoms with Gasteiger partial charge in [0.1, 0.15) is 0 Å². The summed E-state index contributed by atoms with van der Waals surface area (Å²) in [5.41, 5.74) is 0.471. The van der Waals surface area contributed by atoms with Crippen LogP contribution in [0.4, 0.5) is 0 Å². The molecule has 1 N–H and O–H groups in total. The van der Waals surface area contributed by atoms with Gasteiger partial charge in [0.15, 0.2) is 0 Å². The number of carboxylic acid groups (broad SMARTS) is 1. The lowest BCUT2D eigenvalue weighted by Crippen LogP contribution is -2.26. The number of hydrogen-bond donors (Lipinski definition) is 1. The molecule has 0 aliphatic heterocycles. The topological polar surface area (TPSA) is 57.6 Å². The molecule has 0 atom stereocenters. The molecule has 0 saturated heterocycles. The number of benzene rings is 1. The van der Waals surface area contributed by atoms with Crippen molar-refractivity contribution in [3.63, 3.8) is 0 Å². The number of hydrogen-bond acceptors (Lipinski definition) is 2. The summed E-state index contributed by atoms with van der Waals surface area (Å²) < 4.78 is 0.584. The van der Waals surface area contributed by atoms with Gasteiger partial charge >= 0.3 is 5.97 Å². The maximum absolute atomic E-state index is 11.8. The van der Waals surface area contributed by atoms with Crippen molar-refractivity contribution < 1.29 is 14.7 Å². The Hall–Kier alpha value is -1.36. The Morgan fingerprint density at radius 2 is 1.88 bits per heavy atom. The van der Waals surface area contributed by atoms with Gasteiger partial charge in [-0.25, -0.2) is 4.79 Å². The molecule has 0 radical (unpaired) electrons. The first kappa shape index (κ1) is 12.7. The highest BCUT2D eigenvalue weighted by Gasteiger charge is 2.13. The summed E-state index contributed by atoms with van der Waals surface area (Å²) in [4.78, 5) is 24.2. The van der Waals surface area contributed by atoms with Crippen LogP contribution in [0.3, 0.4) is 0 Å². The van der Waals surface area contributed by atoms with Crippen LogP contribution in [0.2, 0.25) is 0 Å². The summed E-state index contributed by atoms with van der Waals surface area (Å²) in [5.74, 6) is -1.24. The molecule has 86 valence electrons. The Morgan fingerprint density at radius 3 is 2.38 bits per heavy atom. The van der Waals surface area contributed by atoms with Crippen LogP contribution in [-0.4, -0.2) is 35.5 Å². The zero-order valence-corrected chi connectivity index (χ0v) is 10.6. The number of rotatable bonds is 3. The van der Waals surface area contributed by atoms with Gasteiger partial charge in [-0.1, -0.05) is 15.9 Å². The van der Waals surface area contributed by atoms with Crippen LogP contribution in [0.15, 0.2) is 22.7 Å². The normalized spacial score (nSPS) is 9.94. The van der Waals surface area contributed by atoms with E-state index in [9.17, 15) is 9.59 Å². The molecule has 1 aromatic rings. The summed E-state index contributed by atoms with van der Waals surface area (Å²) in [7, 11) is 1.67. The highest BCUT2D eigenvalue weighted by molar-refractivity contribution is 9.10. The smallest absolute Gasteiger partial charge is 0.335 e. The van der Waals surface area contributed by atoms with Crippen LogP contribution in [0.5, 0.6) is 0 Å². The van der Waals surface area contributed by atoms with Gasteiger partial charge < -0.3 is 10.0 Å². The van der Waals surface area contributed by atoms with Crippen LogP contribution in [0.1, 0.15) is 27.6 Å². The fourth-order valence-corrected chi connectivity index (χ4v) is 1.69. The third kappa shape index (κ3) is 2.82. The number of carbonyl (C=O) groups excluding carboxylic acids is 1. The lowest BCUT2D eigenvalue weighted by Gasteiger charge is -2.14. The highest BCUT2D eigenvalue weighted by Crippen LogP contribution is 2.17. The van der Waals surface area contributed by atoms with E-state index < -0.39 is 5.97 Å². The SMILES string of the molecule is CCN(C)C(=O)c1cc(Br)cc(C(=O)O)c1. The van der Waals surface area contributed by atoms with Crippen molar-refractivity contribution in [3.8, 4) is 0 Å². The molecule has 1 aromatic carbocycles. The standard InChI is InChI=1S/C11H12BrNO3/c1-3-13(2)10(14)7-4-8(11(15)16)6-9(12)5-7/h4-6H,3H2,1-2H3,(H,15,16). The molecule has 0 bridgehead atoms. The van der Waals surface area contributed by atoms with Crippen molar-refractivity contribution in [1.29, 1.82) is 0 Å². The second kappa shape index (κ2) is 5.12. The van der Waals surface area contributed by atoms with E-state index in [2.05, 4.69) is 15.9 Å². The Morgan fingerprint density at radius 1 is 1.31 bits per heavy atom. The Bertz CT molecular complexity index is 431. The van der Waals surface area contributed by atoms with Gasteiger partial charge in [0.25, 0.3) is 5.91 Å². The van der Waals surface area contributed by atoms with Gasteiger partial charge in [0.05, 0.1) is 5.56 Å². The van der Waals surface area contributed by atoms with E-state index in [4.69, 9.17) is 5.11 Å². The van der Waals surface area contributed by atoms with E-state index in [1.165, 1.54) is 17.0 Å². The summed E-state index contributed by atoms with van der Waals surface area (Å²) in [6.07, 6.45) is 0. The molecule has 0 aromatic heterocycles. The van der Waals surface area contributed by atoms with Crippen LogP contribution >= 0.6 is 15.9 Å². The van der Waals surface area contributed by atoms with Gasteiger partial charge in [-0.15, -0.1) is 0 Å². The average Bonchev–Trinajstić information content (AvgIpc) is 2.26. The molecule has 16 heavy (non-hydrogen) atoms. The zero-order chi connectivity index (χ0) is 12.3. The van der Waals surface area contributed by atoms with Crippen molar-refractivity contribution in [2.45, 2.75) is 6.92 Å². The molecule has 0 saturated carbocycles. The molecule has 0 fully saturated rings. The maximum atomic E-state index is 11.8. The number of carboxylic acids is 1. The maximum Gasteiger partial charge on any atom is 0.335 e. The molecule has 0 aliphatic carbocycles. The molecule has 0 heterocycles. The van der Waals surface area contributed by atoms with Crippen molar-refractivity contribution in [2.24, 2.45) is 0 Å². The molecule has 5 heteroatoms. The molecule has 4 nitrogen and oxygen atoms in total. The van der Waals surface area contributed by atoms with Crippen LogP contribution in [-0.2, 0) is 0 Å². The second-order valence-corrected chi connectivity index (χ2v) is 4.27. The van der Waals surface area contributed by atoms with Gasteiger partial charge in [-0.3, -0.25) is 4.79 Å². The predicted octanol–water partition coefficient (Wildman–Crippen LogP) is 2.24. The fourth-order valence-electron chi connectivity index (χ4n) is 1.20. The van der Waals surface area contributed by atoms with Crippen molar-refractivity contribution in [1.82, 2.24) is 4.90 Å². The van der Waals surface area contributed by atoms with E-state index in [0.29, 0.717) is 16.6 Å². The predicted molar refractivity (Wildman–Crippen MR) is 63.7 cm³/mol. The zero-order valence-electron chi connectivity index (χ0n) is 9.03. The minimum absolute atomic E-state index is 0.0993. The number of carbonyl (C=O) groups is 2. The van der Waals surface area contributed by atoms with Crippen LogP contribution < -0.4 is 0 Å². The Labute approximate surface area is 102 Å². The Balaban J connectivity index is 3.14. The second-order valence-electron chi connectivity index (χ2n) is 3.35. The molecular weight excluding hydrogens is 274 g/mol. The van der Waals surface area contributed by atoms with E-state index in [0.717, 1.165) is 0 Å². The molecule has 1 amide bonds. The summed E-state index contributed by atoms with van der Waals surface area (Å²) >= 11 is 3.19. The number of aromatic carboxylic acids is 1. The first-order valence-electron chi connectivity index (χ1n) is 4.75. The fraction of sp³-hybridized carbons (Fsp3) is 0.273. The van der Waals surface area contributed by atoms with E-state index in [1.54, 1.807) is 13.1 Å². The lowest BCUT2D eigenvalue weighted by atomic mass is 10.1. The van der Waals surface area contributed by atoms with E-state index in [-0.39, 0.29) is 11.5 Å². The van der Waals surface area contributed by atoms with Crippen molar-refractivity contribution in [2.75, 3.05) is 13.6 Å². The minimum Gasteiger partial charge on any atom is -0.478 e. The summed E-state index contributed by atoms with van der Waals surface area (Å²) in [6, 6.07) is 4.45. The van der Waals surface area contributed by atoms with E-state index in [1.807, 2.05) is 6.92 Å². The first-order chi connectivity index (χ1) is 7.45. The minimum atomic E-state index is -1.05. The summed E-state index contributed by atoms with van der Waals surface area (Å²) in [5, 5.41) is 8.87. The largest absolute Gasteiger partial charge is 0.478 e. The summed E-state index contributed by atoms with van der Waals surface area (Å²) in [6.45, 7) is 2.43. The number of halogens is 1. The molecular formula is C11H12BrNO3. The lowest BCUT2D eigenvalue weighted by molar-refractivity contribution is 0.0697. The third-order valence-electron chi connectivity index (χ3n) is 2.21. The van der Waals surface area contributed by atoms with Crippen LogP contribution in [0.25, 0.3) is 0 Å². The third-order valence-corrected chi connectivity index (χ3v) is 2.67. The average molecular weight is 286 g/mol. The molecule has 0 unspecified atom stereocenters. The van der Waals surface area contributed by atoms with Crippen molar-refractivity contribution in [3.05, 3.63) is 33.8 Å². The molecule has 1 rings (SSSR count). The van der Waals surface area contributed by atoms with Gasteiger partial charge in [-0.2, -0.15) is 0 Å². The van der Waals surface area contributed by atoms with Crippen LogP contribution in [0, 0.1) is 0 Å².